The molecule has 0 saturated heterocycles. The van der Waals surface area contributed by atoms with Crippen LogP contribution in [-0.4, -0.2) is 31.2 Å². The van der Waals surface area contributed by atoms with Gasteiger partial charge in [0.05, 0.1) is 13.2 Å². The normalized spacial score (nSPS) is 12.6. The van der Waals surface area contributed by atoms with Crippen LogP contribution in [0.25, 0.3) is 0 Å². The Balaban J connectivity index is 2.29. The lowest BCUT2D eigenvalue weighted by molar-refractivity contribution is 0.0734. The molecule has 1 rings (SSSR count). The van der Waals surface area contributed by atoms with E-state index in [1.54, 1.807) is 0 Å². The summed E-state index contributed by atoms with van der Waals surface area (Å²) in [6.07, 6.45) is 0.299. The van der Waals surface area contributed by atoms with E-state index >= 15 is 0 Å². The number of benzene rings is 1. The van der Waals surface area contributed by atoms with E-state index in [1.807, 2.05) is 13.8 Å². The van der Waals surface area contributed by atoms with E-state index < -0.39 is 23.2 Å². The van der Waals surface area contributed by atoms with Gasteiger partial charge in [-0.3, -0.25) is 4.84 Å². The van der Waals surface area contributed by atoms with Crippen LogP contribution >= 0.6 is 0 Å². The van der Waals surface area contributed by atoms with Crippen molar-refractivity contribution in [3.05, 3.63) is 29.6 Å². The van der Waals surface area contributed by atoms with E-state index in [2.05, 4.69) is 15.5 Å². The Kier molecular flexibility index (Phi) is 7.83. The molecule has 134 valence electrons. The zero-order valence-electron chi connectivity index (χ0n) is 13.4. The molecule has 0 aliphatic rings. The fraction of sp³-hybridized carbons (Fsp3) is 0.429. The van der Waals surface area contributed by atoms with Crippen molar-refractivity contribution in [2.24, 2.45) is 21.5 Å². The Hall–Kier alpha value is -2.49. The van der Waals surface area contributed by atoms with Crippen molar-refractivity contribution in [3.8, 4) is 5.75 Å². The molecule has 0 atom stereocenters. The average molecular weight is 347 g/mol. The molecular formula is C14H20F3N5O2. The molecule has 0 amide bonds. The second-order valence-electron chi connectivity index (χ2n) is 4.93. The number of guanidine groups is 2. The summed E-state index contributed by atoms with van der Waals surface area (Å²) in [4.78, 5) is 12.7. The minimum absolute atomic E-state index is 0.00513. The lowest BCUT2D eigenvalue weighted by Crippen LogP contribution is -2.34. The lowest BCUT2D eigenvalue weighted by atomic mass is 10.3. The largest absolute Gasteiger partial charge is 0.490 e. The molecule has 0 fully saturated rings. The van der Waals surface area contributed by atoms with Crippen molar-refractivity contribution in [3.63, 3.8) is 0 Å². The molecule has 0 unspecified atom stereocenters. The first-order chi connectivity index (χ1) is 11.3. The molecule has 1 aromatic carbocycles. The van der Waals surface area contributed by atoms with Crippen LogP contribution in [-0.2, 0) is 4.84 Å². The van der Waals surface area contributed by atoms with E-state index in [0.717, 1.165) is 6.07 Å². The summed E-state index contributed by atoms with van der Waals surface area (Å²) in [5, 5.41) is 0. The van der Waals surface area contributed by atoms with E-state index in [-0.39, 0.29) is 31.2 Å². The molecule has 0 heterocycles. The summed E-state index contributed by atoms with van der Waals surface area (Å²) in [5.41, 5.74) is 13.3. The number of nitrogens with two attached hydrogens (primary N) is 2. The van der Waals surface area contributed by atoms with Gasteiger partial charge >= 0.3 is 0 Å². The van der Waals surface area contributed by atoms with Crippen molar-refractivity contribution in [1.82, 2.24) is 5.48 Å². The third kappa shape index (κ3) is 7.18. The molecule has 0 aliphatic carbocycles. The summed E-state index contributed by atoms with van der Waals surface area (Å²) in [6, 6.07) is 1.18. The monoisotopic (exact) mass is 347 g/mol. The minimum atomic E-state index is -1.31. The number of ether oxygens (including phenoxy) is 1. The number of halogens is 3. The molecular weight excluding hydrogens is 327 g/mol. The predicted octanol–water partition coefficient (Wildman–Crippen LogP) is 1.43. The highest BCUT2D eigenvalue weighted by molar-refractivity contribution is 5.92. The first-order valence-electron chi connectivity index (χ1n) is 7.12. The second-order valence-corrected chi connectivity index (χ2v) is 4.93. The van der Waals surface area contributed by atoms with Crippen molar-refractivity contribution in [1.29, 1.82) is 0 Å². The molecule has 7 nitrogen and oxygen atoms in total. The molecule has 5 N–H and O–H groups in total. The van der Waals surface area contributed by atoms with Crippen LogP contribution in [0.5, 0.6) is 5.75 Å². The van der Waals surface area contributed by atoms with Gasteiger partial charge in [-0.25, -0.2) is 19.3 Å². The standard InChI is InChI=1S/C14H20F3N5O2/c1-8(2)20-13(18)21-14(19)22-24-5-3-4-23-11-7-9(15)6-10(16)12(11)17/h6-8H,3-5H2,1-2H3,(H5,18,19,20,21,22). The number of hydroxylamine groups is 1. The number of hydrogen-bond donors (Lipinski definition) is 3. The Bertz CT molecular complexity index is 608. The molecule has 1 aromatic rings. The van der Waals surface area contributed by atoms with Crippen LogP contribution in [0, 0.1) is 17.5 Å². The first kappa shape index (κ1) is 19.6. The zero-order chi connectivity index (χ0) is 18.1. The Morgan fingerprint density at radius 2 is 1.92 bits per heavy atom. The van der Waals surface area contributed by atoms with Crippen molar-refractivity contribution >= 4 is 11.9 Å². The van der Waals surface area contributed by atoms with Crippen LogP contribution in [0.2, 0.25) is 0 Å². The molecule has 0 saturated carbocycles. The van der Waals surface area contributed by atoms with E-state index in [0.29, 0.717) is 12.5 Å². The van der Waals surface area contributed by atoms with Crippen LogP contribution < -0.4 is 21.7 Å². The molecule has 0 spiro atoms. The lowest BCUT2D eigenvalue weighted by Gasteiger charge is -2.09. The van der Waals surface area contributed by atoms with Gasteiger partial charge < -0.3 is 16.2 Å². The van der Waals surface area contributed by atoms with Gasteiger partial charge in [-0.05, 0) is 13.8 Å². The van der Waals surface area contributed by atoms with Gasteiger partial charge in [-0.15, -0.1) is 0 Å². The quantitative estimate of drug-likeness (QED) is 0.227. The SMILES string of the molecule is CC(C)N=C(N)/N=C(\N)NOCCCOc1cc(F)cc(F)c1F. The summed E-state index contributed by atoms with van der Waals surface area (Å²) >= 11 is 0. The van der Waals surface area contributed by atoms with Gasteiger partial charge in [0.25, 0.3) is 0 Å². The molecule has 0 aliphatic heterocycles. The summed E-state index contributed by atoms with van der Waals surface area (Å²) in [6.45, 7) is 3.76. The summed E-state index contributed by atoms with van der Waals surface area (Å²) < 4.78 is 44.2. The van der Waals surface area contributed by atoms with E-state index in [1.165, 1.54) is 0 Å². The smallest absolute Gasteiger partial charge is 0.221 e. The Morgan fingerprint density at radius 3 is 2.58 bits per heavy atom. The van der Waals surface area contributed by atoms with Gasteiger partial charge in [0.1, 0.15) is 5.82 Å². The highest BCUT2D eigenvalue weighted by atomic mass is 19.2. The van der Waals surface area contributed by atoms with Crippen molar-refractivity contribution in [2.45, 2.75) is 26.3 Å². The van der Waals surface area contributed by atoms with Gasteiger partial charge in [0.2, 0.25) is 17.7 Å². The number of hydrogen-bond acceptors (Lipinski definition) is 3. The highest BCUT2D eigenvalue weighted by Gasteiger charge is 2.11. The average Bonchev–Trinajstić information content (AvgIpc) is 2.46. The van der Waals surface area contributed by atoms with Crippen LogP contribution in [0.1, 0.15) is 20.3 Å². The molecule has 0 bridgehead atoms. The fourth-order valence-electron chi connectivity index (χ4n) is 1.52. The van der Waals surface area contributed by atoms with Crippen LogP contribution in [0.3, 0.4) is 0 Å². The molecule has 10 heteroatoms. The van der Waals surface area contributed by atoms with Gasteiger partial charge in [-0.2, -0.15) is 9.38 Å². The number of nitrogens with one attached hydrogen (secondary N) is 1. The van der Waals surface area contributed by atoms with E-state index in [9.17, 15) is 13.2 Å². The third-order valence-electron chi connectivity index (χ3n) is 2.41. The fourth-order valence-corrected chi connectivity index (χ4v) is 1.52. The van der Waals surface area contributed by atoms with Crippen molar-refractivity contribution < 1.29 is 22.7 Å². The summed E-state index contributed by atoms with van der Waals surface area (Å²) in [7, 11) is 0. The zero-order valence-corrected chi connectivity index (χ0v) is 13.4. The van der Waals surface area contributed by atoms with Gasteiger partial charge in [-0.1, -0.05) is 0 Å². The molecule has 0 aromatic heterocycles. The van der Waals surface area contributed by atoms with Gasteiger partial charge in [0, 0.05) is 24.6 Å². The minimum Gasteiger partial charge on any atom is -0.490 e. The second kappa shape index (κ2) is 9.60. The number of rotatable bonds is 7. The molecule has 24 heavy (non-hydrogen) atoms. The third-order valence-corrected chi connectivity index (χ3v) is 2.41. The Labute approximate surface area is 137 Å². The Morgan fingerprint density at radius 1 is 1.21 bits per heavy atom. The topological polar surface area (TPSA) is 107 Å². The van der Waals surface area contributed by atoms with Crippen molar-refractivity contribution in [2.75, 3.05) is 13.2 Å². The number of aliphatic imine (C=N–C) groups is 2. The molecule has 0 radical (unpaired) electrons. The van der Waals surface area contributed by atoms with Gasteiger partial charge in [0.15, 0.2) is 11.6 Å². The first-order valence-corrected chi connectivity index (χ1v) is 7.12. The maximum Gasteiger partial charge on any atom is 0.221 e. The summed E-state index contributed by atoms with van der Waals surface area (Å²) in [5.74, 6) is -4.06. The van der Waals surface area contributed by atoms with Crippen LogP contribution in [0.4, 0.5) is 13.2 Å². The maximum atomic E-state index is 13.3. The van der Waals surface area contributed by atoms with Crippen LogP contribution in [0.15, 0.2) is 22.1 Å². The van der Waals surface area contributed by atoms with E-state index in [4.69, 9.17) is 21.0 Å². The maximum absolute atomic E-state index is 13.3. The number of nitrogens with zero attached hydrogens (tertiary/aromatic N) is 2. The highest BCUT2D eigenvalue weighted by Crippen LogP contribution is 2.21. The predicted molar refractivity (Wildman–Crippen MR) is 83.9 cm³/mol.